The van der Waals surface area contributed by atoms with Crippen LogP contribution in [0.1, 0.15) is 28.2 Å². The molecule has 1 unspecified atom stereocenters. The third-order valence-electron chi connectivity index (χ3n) is 1.51. The van der Waals surface area contributed by atoms with Crippen LogP contribution in [0.25, 0.3) is 0 Å². The van der Waals surface area contributed by atoms with Crippen molar-refractivity contribution in [3.05, 3.63) is 12.2 Å². The number of carbonyl (C=O) groups is 1. The van der Waals surface area contributed by atoms with Gasteiger partial charge in [0.05, 0.1) is 0 Å². The molecule has 0 amide bonds. The zero-order valence-electron chi connectivity index (χ0n) is 13.4. The second-order valence-electron chi connectivity index (χ2n) is 4.05. The van der Waals surface area contributed by atoms with Crippen molar-refractivity contribution in [2.24, 2.45) is 0 Å². The normalized spacial score (nSPS) is 18.7. The first-order valence-corrected chi connectivity index (χ1v) is 5.84. The highest BCUT2D eigenvalue weighted by Crippen LogP contribution is 2.51. The Morgan fingerprint density at radius 1 is 1.04 bits per heavy atom. The molecule has 0 aliphatic carbocycles. The number of rotatable bonds is 2. The summed E-state index contributed by atoms with van der Waals surface area (Å²) in [6.07, 6.45) is -15.6. The van der Waals surface area contributed by atoms with Gasteiger partial charge >= 0.3 is 30.5 Å². The number of hydrogen-bond acceptors (Lipinski definition) is 3. The standard InChI is InChI=1S/C4H5F5O.C3H3F3O.C3H4F2.CF2O.CH4.FH/c1-3(5,6)10-2-4(7,8)9;1-2(4)3(5,6)7-2;1-2-3(4)5;2-1(3)4;;/h2H2,1H3;1H3;2H,1H3;;1H4;1H/p-1. The Balaban J connectivity index is -0.0000000868. The van der Waals surface area contributed by atoms with Crippen LogP contribution in [0.2, 0.25) is 0 Å². The van der Waals surface area contributed by atoms with Crippen LogP contribution >= 0.6 is 0 Å². The molecule has 1 rings (SSSR count). The van der Waals surface area contributed by atoms with Crippen molar-refractivity contribution in [2.45, 2.75) is 52.4 Å². The van der Waals surface area contributed by atoms with E-state index in [2.05, 4.69) is 9.47 Å². The Morgan fingerprint density at radius 3 is 1.29 bits per heavy atom. The molecule has 0 aromatic rings. The van der Waals surface area contributed by atoms with E-state index in [1.54, 1.807) is 0 Å². The zero-order valence-corrected chi connectivity index (χ0v) is 13.4. The lowest BCUT2D eigenvalue weighted by Crippen LogP contribution is -3.00. The SMILES string of the molecule is C.CC(F)(F)OCC(F)(F)F.CC1(F)OC1(F)F.CC=C(F)F.O=C(F)F.[F-]. The molecule has 0 radical (unpaired) electrons. The number of carbonyl (C=O) groups excluding carboxylic acids is 1. The number of ether oxygens (including phenoxy) is 2. The summed E-state index contributed by atoms with van der Waals surface area (Å²) in [5.74, 6) is -2.69. The van der Waals surface area contributed by atoms with Gasteiger partial charge in [0.25, 0.3) is 6.08 Å². The molecule has 1 saturated heterocycles. The van der Waals surface area contributed by atoms with Crippen LogP contribution < -0.4 is 4.70 Å². The van der Waals surface area contributed by atoms with Gasteiger partial charge in [0.15, 0.2) is 0 Å². The highest BCUT2D eigenvalue weighted by molar-refractivity contribution is 5.55. The summed E-state index contributed by atoms with van der Waals surface area (Å²) in [5, 5.41) is 0. The molecule has 1 atom stereocenters. The van der Waals surface area contributed by atoms with Gasteiger partial charge in [0.2, 0.25) is 0 Å². The van der Waals surface area contributed by atoms with Crippen molar-refractivity contribution in [3.63, 3.8) is 0 Å². The van der Waals surface area contributed by atoms with E-state index >= 15 is 0 Å². The molecule has 0 bridgehead atoms. The average molecular weight is 455 g/mol. The van der Waals surface area contributed by atoms with Gasteiger partial charge in [-0.2, -0.15) is 39.5 Å². The van der Waals surface area contributed by atoms with E-state index in [0.717, 1.165) is 6.08 Å². The van der Waals surface area contributed by atoms with E-state index in [1.165, 1.54) is 6.92 Å². The predicted molar refractivity (Wildman–Crippen MR) is 68.5 cm³/mol. The maximum atomic E-state index is 11.6. The molecule has 0 N–H and O–H groups in total. The summed E-state index contributed by atoms with van der Waals surface area (Å²) >= 11 is 0. The fourth-order valence-corrected chi connectivity index (χ4v) is 0.424. The lowest BCUT2D eigenvalue weighted by Gasteiger charge is -2.12. The molecular formula is C12H16F13O3-. The summed E-state index contributed by atoms with van der Waals surface area (Å²) in [5.41, 5.74) is 0. The van der Waals surface area contributed by atoms with Crippen molar-refractivity contribution < 1.29 is 71.7 Å². The molecule has 1 heterocycles. The third-order valence-corrected chi connectivity index (χ3v) is 1.51. The minimum Gasteiger partial charge on any atom is -1.00 e. The first-order valence-electron chi connectivity index (χ1n) is 5.84. The monoisotopic (exact) mass is 455 g/mol. The summed E-state index contributed by atoms with van der Waals surface area (Å²) in [7, 11) is 0. The molecule has 174 valence electrons. The molecule has 1 aliphatic heterocycles. The molecule has 1 fully saturated rings. The number of halogens is 13. The topological polar surface area (TPSA) is 38.8 Å². The molecule has 1 aliphatic rings. The van der Waals surface area contributed by atoms with Gasteiger partial charge in [-0.25, -0.2) is 9.18 Å². The van der Waals surface area contributed by atoms with Gasteiger partial charge < -0.3 is 9.44 Å². The number of hydrogen-bond donors (Lipinski definition) is 0. The van der Waals surface area contributed by atoms with Crippen LogP contribution in [0.4, 0.5) is 57.5 Å². The van der Waals surface area contributed by atoms with Crippen LogP contribution in [0.5, 0.6) is 0 Å². The highest BCUT2D eigenvalue weighted by Gasteiger charge is 2.73. The van der Waals surface area contributed by atoms with Crippen LogP contribution in [0.3, 0.4) is 0 Å². The van der Waals surface area contributed by atoms with E-state index in [9.17, 15) is 52.7 Å². The lowest BCUT2D eigenvalue weighted by atomic mass is 10.5. The molecule has 28 heavy (non-hydrogen) atoms. The molecular weight excluding hydrogens is 439 g/mol. The van der Waals surface area contributed by atoms with E-state index in [0.29, 0.717) is 6.92 Å². The van der Waals surface area contributed by atoms with Crippen molar-refractivity contribution >= 4 is 6.29 Å². The molecule has 0 spiro atoms. The summed E-state index contributed by atoms with van der Waals surface area (Å²) in [6, 6.07) is 0. The van der Waals surface area contributed by atoms with E-state index in [4.69, 9.17) is 4.79 Å². The maximum absolute atomic E-state index is 11.6. The number of allylic oxidation sites excluding steroid dienone is 1. The summed E-state index contributed by atoms with van der Waals surface area (Å²) in [6.45, 7) is 0.303. The molecule has 3 nitrogen and oxygen atoms in total. The van der Waals surface area contributed by atoms with Crippen molar-refractivity contribution in [1.29, 1.82) is 0 Å². The predicted octanol–water partition coefficient (Wildman–Crippen LogP) is 3.95. The largest absolute Gasteiger partial charge is 1.00 e. The van der Waals surface area contributed by atoms with E-state index < -0.39 is 43.2 Å². The fraction of sp³-hybridized carbons (Fsp3) is 0.750. The van der Waals surface area contributed by atoms with Gasteiger partial charge in [-0.1, -0.05) is 7.43 Å². The smallest absolute Gasteiger partial charge is 0.483 e. The minimum atomic E-state index is -4.70. The van der Waals surface area contributed by atoms with Gasteiger partial charge in [0.1, 0.15) is 6.61 Å². The lowest BCUT2D eigenvalue weighted by molar-refractivity contribution is -0.279. The molecule has 0 aromatic heterocycles. The van der Waals surface area contributed by atoms with Crippen molar-refractivity contribution in [1.82, 2.24) is 0 Å². The van der Waals surface area contributed by atoms with Crippen LogP contribution in [0.15, 0.2) is 12.2 Å². The number of alkyl halides is 8. The highest BCUT2D eigenvalue weighted by atomic mass is 19.4. The summed E-state index contributed by atoms with van der Waals surface area (Å²) in [4.78, 5) is 8.11. The zero-order chi connectivity index (χ0) is 22.0. The van der Waals surface area contributed by atoms with Gasteiger partial charge in [0, 0.05) is 13.8 Å². The minimum absolute atomic E-state index is 0. The summed E-state index contributed by atoms with van der Waals surface area (Å²) < 4.78 is 138. The fourth-order valence-electron chi connectivity index (χ4n) is 0.424. The first-order chi connectivity index (χ1) is 11.2. The molecule has 16 heteroatoms. The van der Waals surface area contributed by atoms with Crippen LogP contribution in [0, 0.1) is 0 Å². The maximum Gasteiger partial charge on any atom is 0.483 e. The first kappa shape index (κ1) is 37.2. The Hall–Kier alpha value is -1.58. The van der Waals surface area contributed by atoms with E-state index in [1.807, 2.05) is 0 Å². The van der Waals surface area contributed by atoms with Gasteiger partial charge in [-0.05, 0) is 13.0 Å². The second kappa shape index (κ2) is 14.4. The van der Waals surface area contributed by atoms with Crippen molar-refractivity contribution in [2.75, 3.05) is 6.61 Å². The Kier molecular flexibility index (Phi) is 19.2. The third kappa shape index (κ3) is 32.1. The Morgan fingerprint density at radius 2 is 1.25 bits per heavy atom. The van der Waals surface area contributed by atoms with Crippen LogP contribution in [-0.4, -0.2) is 37.1 Å². The Labute approximate surface area is 150 Å². The molecule has 0 aromatic carbocycles. The average Bonchev–Trinajstić information content (AvgIpc) is 2.81. The van der Waals surface area contributed by atoms with Gasteiger partial charge in [-0.15, -0.1) is 8.78 Å². The quantitative estimate of drug-likeness (QED) is 0.360. The molecule has 0 saturated carbocycles. The van der Waals surface area contributed by atoms with Crippen LogP contribution in [-0.2, 0) is 9.47 Å². The Bertz CT molecular complexity index is 407. The van der Waals surface area contributed by atoms with Gasteiger partial charge in [-0.3, -0.25) is 4.74 Å². The number of epoxide rings is 1. The second-order valence-corrected chi connectivity index (χ2v) is 4.05. The van der Waals surface area contributed by atoms with Crippen molar-refractivity contribution in [3.8, 4) is 0 Å². The van der Waals surface area contributed by atoms with E-state index in [-0.39, 0.29) is 19.1 Å².